The van der Waals surface area contributed by atoms with Crippen LogP contribution in [0.5, 0.6) is 0 Å². The lowest BCUT2D eigenvalue weighted by Gasteiger charge is -2.13. The predicted octanol–water partition coefficient (Wildman–Crippen LogP) is 4.81. The second-order valence-corrected chi connectivity index (χ2v) is 8.08. The van der Waals surface area contributed by atoms with Crippen LogP contribution in [-0.4, -0.2) is 25.0 Å². The van der Waals surface area contributed by atoms with E-state index in [4.69, 9.17) is 0 Å². The monoisotopic (exact) mass is 357 g/mol. The number of nitrogens with zero attached hydrogens (tertiary/aromatic N) is 2. The number of hydrogen-bond donors (Lipinski definition) is 1. The number of rotatable bonds is 4. The van der Waals surface area contributed by atoms with E-state index in [1.807, 2.05) is 48.6 Å². The molecular weight excluding hydrogens is 338 g/mol. The molecule has 0 radical (unpaired) electrons. The molecule has 1 N–H and O–H groups in total. The highest BCUT2D eigenvalue weighted by molar-refractivity contribution is 7.14. The van der Waals surface area contributed by atoms with Crippen molar-refractivity contribution in [2.45, 2.75) is 13.8 Å². The van der Waals surface area contributed by atoms with Crippen LogP contribution < -0.4 is 10.2 Å². The quantitative estimate of drug-likeness (QED) is 0.729. The Labute approximate surface area is 149 Å². The minimum Gasteiger partial charge on any atom is -0.378 e. The van der Waals surface area contributed by atoms with Crippen LogP contribution in [0.1, 0.15) is 20.1 Å². The van der Waals surface area contributed by atoms with Crippen molar-refractivity contribution < 1.29 is 4.79 Å². The second-order valence-electron chi connectivity index (χ2n) is 5.76. The number of amides is 1. The van der Waals surface area contributed by atoms with Crippen molar-refractivity contribution in [3.8, 4) is 11.3 Å². The van der Waals surface area contributed by atoms with Gasteiger partial charge in [0.1, 0.15) is 0 Å². The van der Waals surface area contributed by atoms with Crippen molar-refractivity contribution in [3.05, 3.63) is 51.0 Å². The van der Waals surface area contributed by atoms with Gasteiger partial charge in [-0.15, -0.1) is 22.7 Å². The molecule has 0 bridgehead atoms. The van der Waals surface area contributed by atoms with Gasteiger partial charge in [-0.05, 0) is 38.1 Å². The number of thiophene rings is 1. The first-order valence-corrected chi connectivity index (χ1v) is 9.25. The fourth-order valence-electron chi connectivity index (χ4n) is 2.43. The summed E-state index contributed by atoms with van der Waals surface area (Å²) in [5.74, 6) is -0.141. The third-order valence-electron chi connectivity index (χ3n) is 3.67. The first kappa shape index (κ1) is 16.7. The Kier molecular flexibility index (Phi) is 4.69. The lowest BCUT2D eigenvalue weighted by Crippen LogP contribution is -2.14. The summed E-state index contributed by atoms with van der Waals surface area (Å²) < 4.78 is 0. The molecule has 0 fully saturated rings. The maximum absolute atomic E-state index is 12.4. The highest BCUT2D eigenvalue weighted by Crippen LogP contribution is 2.32. The molecule has 6 heteroatoms. The Morgan fingerprint density at radius 3 is 2.67 bits per heavy atom. The molecular formula is C18H19N3OS2. The minimum absolute atomic E-state index is 0.141. The smallest absolute Gasteiger partial charge is 0.257 e. The highest BCUT2D eigenvalue weighted by Gasteiger charge is 2.13. The fourth-order valence-corrected chi connectivity index (χ4v) is 4.07. The molecule has 0 spiro atoms. The van der Waals surface area contributed by atoms with Crippen LogP contribution >= 0.6 is 22.7 Å². The van der Waals surface area contributed by atoms with Crippen molar-refractivity contribution in [2.75, 3.05) is 24.3 Å². The van der Waals surface area contributed by atoms with E-state index in [-0.39, 0.29) is 5.91 Å². The number of carbonyl (C=O) groups is 1. The zero-order valence-corrected chi connectivity index (χ0v) is 15.7. The van der Waals surface area contributed by atoms with Crippen molar-refractivity contribution >= 4 is 39.4 Å². The first-order valence-electron chi connectivity index (χ1n) is 7.55. The molecule has 0 aliphatic carbocycles. The van der Waals surface area contributed by atoms with Gasteiger partial charge in [0.05, 0.1) is 5.69 Å². The molecule has 1 amide bonds. The summed E-state index contributed by atoms with van der Waals surface area (Å²) in [7, 11) is 3.91. The number of benzene rings is 1. The SMILES string of the molecule is Cc1cc(-c2csc(NC(=O)c3cccc(N(C)C)c3)n2)c(C)s1. The average molecular weight is 358 g/mol. The topological polar surface area (TPSA) is 45.2 Å². The van der Waals surface area contributed by atoms with Gasteiger partial charge in [-0.1, -0.05) is 6.07 Å². The van der Waals surface area contributed by atoms with Gasteiger partial charge in [-0.25, -0.2) is 4.98 Å². The second kappa shape index (κ2) is 6.75. The van der Waals surface area contributed by atoms with Gasteiger partial charge in [0.15, 0.2) is 5.13 Å². The van der Waals surface area contributed by atoms with Crippen molar-refractivity contribution in [1.82, 2.24) is 4.98 Å². The zero-order valence-electron chi connectivity index (χ0n) is 14.1. The molecule has 0 unspecified atom stereocenters. The molecule has 1 aromatic carbocycles. The van der Waals surface area contributed by atoms with Gasteiger partial charge in [0.2, 0.25) is 0 Å². The highest BCUT2D eigenvalue weighted by atomic mass is 32.1. The standard InChI is InChI=1S/C18H19N3OS2/c1-11-8-15(12(2)24-11)16-10-23-18(19-16)20-17(22)13-6-5-7-14(9-13)21(3)4/h5-10H,1-4H3,(H,19,20,22). The van der Waals surface area contributed by atoms with E-state index >= 15 is 0 Å². The Balaban J connectivity index is 1.78. The molecule has 3 rings (SSSR count). The van der Waals surface area contributed by atoms with E-state index in [1.165, 1.54) is 21.1 Å². The largest absolute Gasteiger partial charge is 0.378 e. The van der Waals surface area contributed by atoms with E-state index in [9.17, 15) is 4.79 Å². The van der Waals surface area contributed by atoms with Crippen LogP contribution in [0.2, 0.25) is 0 Å². The number of hydrogen-bond acceptors (Lipinski definition) is 5. The maximum atomic E-state index is 12.4. The molecule has 2 aromatic heterocycles. The van der Waals surface area contributed by atoms with Gasteiger partial charge in [-0.2, -0.15) is 0 Å². The molecule has 3 aromatic rings. The van der Waals surface area contributed by atoms with E-state index in [1.54, 1.807) is 11.3 Å². The Bertz CT molecular complexity index is 880. The van der Waals surface area contributed by atoms with Crippen LogP contribution in [-0.2, 0) is 0 Å². The number of aryl methyl sites for hydroxylation is 2. The normalized spacial score (nSPS) is 10.7. The van der Waals surface area contributed by atoms with Crippen LogP contribution in [0.3, 0.4) is 0 Å². The van der Waals surface area contributed by atoms with Gasteiger partial charge in [0, 0.05) is 46.0 Å². The summed E-state index contributed by atoms with van der Waals surface area (Å²) >= 11 is 3.21. The molecule has 4 nitrogen and oxygen atoms in total. The molecule has 2 heterocycles. The summed E-state index contributed by atoms with van der Waals surface area (Å²) in [5, 5.41) is 5.50. The number of nitrogens with one attached hydrogen (secondary N) is 1. The van der Waals surface area contributed by atoms with Gasteiger partial charge in [-0.3, -0.25) is 10.1 Å². The maximum Gasteiger partial charge on any atom is 0.257 e. The summed E-state index contributed by atoms with van der Waals surface area (Å²) in [4.78, 5) is 21.5. The third kappa shape index (κ3) is 3.49. The minimum atomic E-state index is -0.141. The van der Waals surface area contributed by atoms with Gasteiger partial charge < -0.3 is 4.90 Å². The average Bonchev–Trinajstić information content (AvgIpc) is 3.13. The van der Waals surface area contributed by atoms with E-state index < -0.39 is 0 Å². The van der Waals surface area contributed by atoms with Gasteiger partial charge in [0.25, 0.3) is 5.91 Å². The third-order valence-corrected chi connectivity index (χ3v) is 5.39. The molecule has 24 heavy (non-hydrogen) atoms. The first-order chi connectivity index (χ1) is 11.4. The van der Waals surface area contributed by atoms with Crippen LogP contribution in [0.4, 0.5) is 10.8 Å². The lowest BCUT2D eigenvalue weighted by atomic mass is 10.2. The van der Waals surface area contributed by atoms with Crippen molar-refractivity contribution in [2.24, 2.45) is 0 Å². The Hall–Kier alpha value is -2.18. The van der Waals surface area contributed by atoms with Crippen molar-refractivity contribution in [3.63, 3.8) is 0 Å². The van der Waals surface area contributed by atoms with Crippen LogP contribution in [0, 0.1) is 13.8 Å². The van der Waals surface area contributed by atoms with Crippen molar-refractivity contribution in [1.29, 1.82) is 0 Å². The fraction of sp³-hybridized carbons (Fsp3) is 0.222. The summed E-state index contributed by atoms with van der Waals surface area (Å²) in [6, 6.07) is 9.68. The lowest BCUT2D eigenvalue weighted by molar-refractivity contribution is 0.102. The van der Waals surface area contributed by atoms with E-state index in [0.29, 0.717) is 10.7 Å². The zero-order chi connectivity index (χ0) is 17.3. The number of aromatic nitrogens is 1. The summed E-state index contributed by atoms with van der Waals surface area (Å²) in [6.07, 6.45) is 0. The summed E-state index contributed by atoms with van der Waals surface area (Å²) in [5.41, 5.74) is 3.68. The number of carbonyl (C=O) groups excluding carboxylic acids is 1. The molecule has 0 atom stereocenters. The molecule has 124 valence electrons. The Morgan fingerprint density at radius 1 is 1.21 bits per heavy atom. The Morgan fingerprint density at radius 2 is 2.00 bits per heavy atom. The van der Waals surface area contributed by atoms with E-state index in [2.05, 4.69) is 30.2 Å². The van der Waals surface area contributed by atoms with Gasteiger partial charge >= 0.3 is 0 Å². The molecule has 0 saturated heterocycles. The number of thiazole rings is 1. The predicted molar refractivity (Wildman–Crippen MR) is 104 cm³/mol. The van der Waals surface area contributed by atoms with E-state index in [0.717, 1.165) is 16.9 Å². The van der Waals surface area contributed by atoms with Crippen LogP contribution in [0.15, 0.2) is 35.7 Å². The molecule has 0 aliphatic rings. The molecule has 0 saturated carbocycles. The summed E-state index contributed by atoms with van der Waals surface area (Å²) in [6.45, 7) is 4.19. The number of anilines is 2. The van der Waals surface area contributed by atoms with Crippen LogP contribution in [0.25, 0.3) is 11.3 Å². The molecule has 0 aliphatic heterocycles.